The third-order valence-electron chi connectivity index (χ3n) is 2.24. The highest BCUT2D eigenvalue weighted by Crippen LogP contribution is 2.08. The number of hydrazine groups is 1. The summed E-state index contributed by atoms with van der Waals surface area (Å²) < 4.78 is 1.57. The van der Waals surface area contributed by atoms with Gasteiger partial charge in [0, 0.05) is 19.3 Å². The number of carbonyl (C=O) groups excluding carboxylic acids is 1. The molecule has 2 heterocycles. The van der Waals surface area contributed by atoms with E-state index in [4.69, 9.17) is 5.84 Å². The quantitative estimate of drug-likeness (QED) is 0.524. The number of pyridine rings is 1. The van der Waals surface area contributed by atoms with Gasteiger partial charge in [0.15, 0.2) is 0 Å². The maximum atomic E-state index is 11.8. The number of nitrogens with two attached hydrogens (primary N) is 1. The number of rotatable bonds is 3. The van der Waals surface area contributed by atoms with E-state index in [1.165, 1.54) is 6.20 Å². The van der Waals surface area contributed by atoms with E-state index in [9.17, 15) is 4.79 Å². The average Bonchev–Trinajstić information content (AvgIpc) is 2.75. The van der Waals surface area contributed by atoms with Crippen molar-refractivity contribution >= 4 is 17.5 Å². The fourth-order valence-electron chi connectivity index (χ4n) is 1.30. The van der Waals surface area contributed by atoms with Gasteiger partial charge in [-0.15, -0.1) is 0 Å². The van der Waals surface area contributed by atoms with Crippen LogP contribution >= 0.6 is 0 Å². The van der Waals surface area contributed by atoms with Gasteiger partial charge >= 0.3 is 0 Å². The first-order valence-corrected chi connectivity index (χ1v) is 4.92. The maximum Gasteiger partial charge on any atom is 0.258 e. The van der Waals surface area contributed by atoms with Gasteiger partial charge in [0.1, 0.15) is 11.6 Å². The monoisotopic (exact) mass is 232 g/mol. The Kier molecular flexibility index (Phi) is 3.01. The van der Waals surface area contributed by atoms with Crippen LogP contribution < -0.4 is 16.6 Å². The predicted octanol–water partition coefficient (Wildman–Crippen LogP) is 0.353. The number of carbonyl (C=O) groups is 1. The minimum absolute atomic E-state index is 0.246. The number of nitrogen functional groups attached to an aromatic ring is 1. The zero-order chi connectivity index (χ0) is 12.3. The van der Waals surface area contributed by atoms with Gasteiger partial charge in [-0.3, -0.25) is 9.48 Å². The number of nitrogens with zero attached hydrogens (tertiary/aromatic N) is 3. The number of hydrogen-bond donors (Lipinski definition) is 3. The Morgan fingerprint density at radius 2 is 2.24 bits per heavy atom. The van der Waals surface area contributed by atoms with Crippen molar-refractivity contribution in [3.05, 3.63) is 36.2 Å². The normalized spacial score (nSPS) is 10.0. The van der Waals surface area contributed by atoms with Gasteiger partial charge in [0.05, 0.1) is 11.8 Å². The first kappa shape index (κ1) is 11.1. The molecule has 1 amide bonds. The average molecular weight is 232 g/mol. The van der Waals surface area contributed by atoms with Gasteiger partial charge in [-0.1, -0.05) is 0 Å². The van der Waals surface area contributed by atoms with Crippen LogP contribution in [0.3, 0.4) is 0 Å². The van der Waals surface area contributed by atoms with Crippen molar-refractivity contribution in [2.45, 2.75) is 0 Å². The van der Waals surface area contributed by atoms with E-state index in [-0.39, 0.29) is 5.91 Å². The third-order valence-corrected chi connectivity index (χ3v) is 2.24. The first-order chi connectivity index (χ1) is 8.20. The molecule has 7 heteroatoms. The van der Waals surface area contributed by atoms with Crippen LogP contribution in [0.2, 0.25) is 0 Å². The van der Waals surface area contributed by atoms with Crippen molar-refractivity contribution < 1.29 is 4.79 Å². The number of hydrogen-bond acceptors (Lipinski definition) is 5. The highest BCUT2D eigenvalue weighted by Gasteiger charge is 2.08. The van der Waals surface area contributed by atoms with E-state index in [0.717, 1.165) is 0 Å². The fourth-order valence-corrected chi connectivity index (χ4v) is 1.30. The van der Waals surface area contributed by atoms with Crippen LogP contribution in [0.1, 0.15) is 10.4 Å². The molecule has 0 bridgehead atoms. The van der Waals surface area contributed by atoms with Crippen LogP contribution in [0.15, 0.2) is 30.6 Å². The van der Waals surface area contributed by atoms with Gasteiger partial charge in [0.2, 0.25) is 0 Å². The van der Waals surface area contributed by atoms with Crippen LogP contribution in [0, 0.1) is 0 Å². The Hall–Kier alpha value is -2.41. The maximum absolute atomic E-state index is 11.8. The van der Waals surface area contributed by atoms with Gasteiger partial charge in [-0.2, -0.15) is 5.10 Å². The summed E-state index contributed by atoms with van der Waals surface area (Å²) in [6.45, 7) is 0. The number of amides is 1. The number of nitrogens with one attached hydrogen (secondary N) is 2. The molecule has 0 saturated heterocycles. The molecule has 0 aliphatic rings. The van der Waals surface area contributed by atoms with Crippen molar-refractivity contribution in [3.8, 4) is 0 Å². The lowest BCUT2D eigenvalue weighted by atomic mass is 10.2. The minimum Gasteiger partial charge on any atom is -0.308 e. The van der Waals surface area contributed by atoms with Crippen molar-refractivity contribution in [2.24, 2.45) is 12.9 Å². The second-order valence-electron chi connectivity index (χ2n) is 3.37. The highest BCUT2D eigenvalue weighted by molar-refractivity contribution is 6.03. The van der Waals surface area contributed by atoms with Crippen LogP contribution in [0.4, 0.5) is 11.6 Å². The molecular weight excluding hydrogens is 220 g/mol. The molecule has 2 aromatic rings. The number of aromatic nitrogens is 3. The molecule has 0 spiro atoms. The summed E-state index contributed by atoms with van der Waals surface area (Å²) in [5, 5.41) is 6.66. The molecule has 88 valence electrons. The van der Waals surface area contributed by atoms with Gasteiger partial charge < -0.3 is 10.7 Å². The second-order valence-corrected chi connectivity index (χ2v) is 3.37. The fraction of sp³-hybridized carbons (Fsp3) is 0.100. The van der Waals surface area contributed by atoms with Crippen LogP contribution in [-0.2, 0) is 7.05 Å². The number of aryl methyl sites for hydroxylation is 1. The molecule has 0 aromatic carbocycles. The van der Waals surface area contributed by atoms with Crippen molar-refractivity contribution in [1.29, 1.82) is 0 Å². The van der Waals surface area contributed by atoms with Crippen LogP contribution in [0.5, 0.6) is 0 Å². The van der Waals surface area contributed by atoms with E-state index >= 15 is 0 Å². The molecule has 2 rings (SSSR count). The van der Waals surface area contributed by atoms with E-state index in [0.29, 0.717) is 17.2 Å². The zero-order valence-corrected chi connectivity index (χ0v) is 9.21. The molecule has 0 radical (unpaired) electrons. The van der Waals surface area contributed by atoms with Crippen LogP contribution in [0.25, 0.3) is 0 Å². The lowest BCUT2D eigenvalue weighted by molar-refractivity contribution is 0.102. The summed E-state index contributed by atoms with van der Waals surface area (Å²) in [5.41, 5.74) is 2.84. The molecular formula is C10H12N6O. The molecule has 17 heavy (non-hydrogen) atoms. The molecule has 0 aliphatic carbocycles. The standard InChI is InChI=1S/C10H12N6O/c1-16-9(4-5-13-16)14-10(17)7-2-3-8(15-11)12-6-7/h2-6H,11H2,1H3,(H,12,15)(H,14,17). The second kappa shape index (κ2) is 4.62. The Labute approximate surface area is 97.6 Å². The van der Waals surface area contributed by atoms with Gasteiger partial charge in [-0.05, 0) is 12.1 Å². The summed E-state index contributed by atoms with van der Waals surface area (Å²) in [6, 6.07) is 4.97. The SMILES string of the molecule is Cn1nccc1NC(=O)c1ccc(NN)nc1. The van der Waals surface area contributed by atoms with Crippen molar-refractivity contribution in [1.82, 2.24) is 14.8 Å². The largest absolute Gasteiger partial charge is 0.308 e. The lowest BCUT2D eigenvalue weighted by Gasteiger charge is -2.05. The summed E-state index contributed by atoms with van der Waals surface area (Å²) >= 11 is 0. The topological polar surface area (TPSA) is 97.9 Å². The molecule has 0 aliphatic heterocycles. The third kappa shape index (κ3) is 2.40. The minimum atomic E-state index is -0.246. The smallest absolute Gasteiger partial charge is 0.258 e. The summed E-state index contributed by atoms with van der Waals surface area (Å²) in [6.07, 6.45) is 3.05. The lowest BCUT2D eigenvalue weighted by Crippen LogP contribution is -2.15. The van der Waals surface area contributed by atoms with E-state index < -0.39 is 0 Å². The van der Waals surface area contributed by atoms with Crippen molar-refractivity contribution in [3.63, 3.8) is 0 Å². The zero-order valence-electron chi connectivity index (χ0n) is 9.21. The van der Waals surface area contributed by atoms with E-state index in [2.05, 4.69) is 20.8 Å². The summed E-state index contributed by atoms with van der Waals surface area (Å²) in [4.78, 5) is 15.8. The summed E-state index contributed by atoms with van der Waals surface area (Å²) in [5.74, 6) is 6.06. The molecule has 4 N–H and O–H groups in total. The molecule has 0 saturated carbocycles. The molecule has 2 aromatic heterocycles. The van der Waals surface area contributed by atoms with Gasteiger partial charge in [0.25, 0.3) is 5.91 Å². The summed E-state index contributed by atoms with van der Waals surface area (Å²) in [7, 11) is 1.75. The Balaban J connectivity index is 2.12. The highest BCUT2D eigenvalue weighted by atomic mass is 16.1. The van der Waals surface area contributed by atoms with E-state index in [1.807, 2.05) is 0 Å². The van der Waals surface area contributed by atoms with E-state index in [1.54, 1.807) is 36.1 Å². The molecule has 0 fully saturated rings. The Bertz CT molecular complexity index is 518. The van der Waals surface area contributed by atoms with Gasteiger partial charge in [-0.25, -0.2) is 10.8 Å². The molecule has 0 atom stereocenters. The number of anilines is 2. The van der Waals surface area contributed by atoms with Crippen LogP contribution in [-0.4, -0.2) is 20.7 Å². The molecule has 0 unspecified atom stereocenters. The Morgan fingerprint density at radius 1 is 1.41 bits per heavy atom. The molecule has 7 nitrogen and oxygen atoms in total. The predicted molar refractivity (Wildman–Crippen MR) is 63.2 cm³/mol. The van der Waals surface area contributed by atoms with Crippen molar-refractivity contribution in [2.75, 3.05) is 10.7 Å². The Morgan fingerprint density at radius 3 is 2.76 bits per heavy atom. The first-order valence-electron chi connectivity index (χ1n) is 4.92.